The van der Waals surface area contributed by atoms with Gasteiger partial charge in [-0.15, -0.1) is 0 Å². The molecule has 0 atom stereocenters. The van der Waals surface area contributed by atoms with Crippen LogP contribution < -0.4 is 11.1 Å². The Morgan fingerprint density at radius 2 is 2.28 bits per heavy atom. The zero-order valence-corrected chi connectivity index (χ0v) is 14.3. The number of nitrogens with one attached hydrogen (secondary N) is 2. The Kier molecular flexibility index (Phi) is 4.78. The second-order valence-corrected chi connectivity index (χ2v) is 5.76. The van der Waals surface area contributed by atoms with Gasteiger partial charge in [-0.05, 0) is 12.1 Å². The molecular weight excluding hydrogens is 318 g/mol. The third-order valence-electron chi connectivity index (χ3n) is 4.16. The zero-order valence-electron chi connectivity index (χ0n) is 14.3. The summed E-state index contributed by atoms with van der Waals surface area (Å²) < 4.78 is 0. The summed E-state index contributed by atoms with van der Waals surface area (Å²) in [6, 6.07) is 5.55. The van der Waals surface area contributed by atoms with E-state index in [1.165, 1.54) is 0 Å². The van der Waals surface area contributed by atoms with Crippen molar-refractivity contribution in [3.8, 4) is 11.3 Å². The SMILES string of the molecule is CNC1=C(/C(N)=N/c2cccc(-c3cn[nH]c3)n2)CN(C(C)=O)CC1. The van der Waals surface area contributed by atoms with Crippen LogP contribution in [0.15, 0.2) is 46.9 Å². The fraction of sp³-hybridized carbons (Fsp3) is 0.294. The fourth-order valence-corrected chi connectivity index (χ4v) is 2.77. The van der Waals surface area contributed by atoms with E-state index < -0.39 is 0 Å². The molecule has 0 bridgehead atoms. The van der Waals surface area contributed by atoms with E-state index in [2.05, 4.69) is 25.5 Å². The first kappa shape index (κ1) is 16.7. The summed E-state index contributed by atoms with van der Waals surface area (Å²) in [5.41, 5.74) is 9.71. The highest BCUT2D eigenvalue weighted by molar-refractivity contribution is 6.00. The highest BCUT2D eigenvalue weighted by Gasteiger charge is 2.22. The van der Waals surface area contributed by atoms with Gasteiger partial charge in [0, 0.05) is 50.0 Å². The van der Waals surface area contributed by atoms with Crippen LogP contribution in [0, 0.1) is 0 Å². The first-order chi connectivity index (χ1) is 12.1. The van der Waals surface area contributed by atoms with Crippen LogP contribution in [0.1, 0.15) is 13.3 Å². The van der Waals surface area contributed by atoms with Gasteiger partial charge in [-0.3, -0.25) is 9.89 Å². The fourth-order valence-electron chi connectivity index (χ4n) is 2.77. The minimum absolute atomic E-state index is 0.0283. The van der Waals surface area contributed by atoms with E-state index in [9.17, 15) is 4.79 Å². The molecule has 8 nitrogen and oxygen atoms in total. The van der Waals surface area contributed by atoms with Gasteiger partial charge >= 0.3 is 0 Å². The van der Waals surface area contributed by atoms with E-state index in [1.807, 2.05) is 19.2 Å². The lowest BCUT2D eigenvalue weighted by Gasteiger charge is -2.29. The number of H-pyrrole nitrogens is 1. The topological polar surface area (TPSA) is 112 Å². The number of nitrogens with two attached hydrogens (primary N) is 1. The normalized spacial score (nSPS) is 15.4. The monoisotopic (exact) mass is 339 g/mol. The van der Waals surface area contributed by atoms with Crippen LogP contribution in [0.4, 0.5) is 5.82 Å². The van der Waals surface area contributed by atoms with Gasteiger partial charge in [-0.1, -0.05) is 6.07 Å². The summed E-state index contributed by atoms with van der Waals surface area (Å²) >= 11 is 0. The predicted octanol–water partition coefficient (Wildman–Crippen LogP) is 1.19. The molecule has 8 heteroatoms. The van der Waals surface area contributed by atoms with Gasteiger partial charge < -0.3 is 16.0 Å². The largest absolute Gasteiger partial charge is 0.391 e. The molecule has 1 amide bonds. The van der Waals surface area contributed by atoms with E-state index in [0.29, 0.717) is 24.7 Å². The van der Waals surface area contributed by atoms with Crippen LogP contribution in [0.3, 0.4) is 0 Å². The Labute approximate surface area is 145 Å². The Bertz CT molecular complexity index is 823. The molecule has 2 aromatic rings. The number of aromatic amines is 1. The quantitative estimate of drug-likeness (QED) is 0.572. The van der Waals surface area contributed by atoms with Crippen molar-refractivity contribution in [3.05, 3.63) is 41.9 Å². The van der Waals surface area contributed by atoms with Crippen molar-refractivity contribution >= 4 is 17.6 Å². The van der Waals surface area contributed by atoms with Crippen molar-refractivity contribution in [1.29, 1.82) is 0 Å². The van der Waals surface area contributed by atoms with Crippen molar-refractivity contribution in [2.24, 2.45) is 10.7 Å². The summed E-state index contributed by atoms with van der Waals surface area (Å²) in [5, 5.41) is 9.86. The molecule has 1 aliphatic rings. The summed E-state index contributed by atoms with van der Waals surface area (Å²) in [6.45, 7) is 2.68. The van der Waals surface area contributed by atoms with Crippen molar-refractivity contribution < 1.29 is 4.79 Å². The molecule has 1 aliphatic heterocycles. The van der Waals surface area contributed by atoms with E-state index >= 15 is 0 Å². The third-order valence-corrected chi connectivity index (χ3v) is 4.16. The smallest absolute Gasteiger partial charge is 0.219 e. The summed E-state index contributed by atoms with van der Waals surface area (Å²) in [4.78, 5) is 22.4. The molecule has 0 aliphatic carbocycles. The molecule has 25 heavy (non-hydrogen) atoms. The van der Waals surface area contributed by atoms with Crippen molar-refractivity contribution in [2.75, 3.05) is 20.1 Å². The zero-order chi connectivity index (χ0) is 17.8. The van der Waals surface area contributed by atoms with Crippen LogP contribution in [0.2, 0.25) is 0 Å². The summed E-state index contributed by atoms with van der Waals surface area (Å²) in [5.74, 6) is 0.909. The van der Waals surface area contributed by atoms with E-state index in [4.69, 9.17) is 5.73 Å². The number of carbonyl (C=O) groups excluding carboxylic acids is 1. The number of hydrogen-bond donors (Lipinski definition) is 3. The summed E-state index contributed by atoms with van der Waals surface area (Å²) in [7, 11) is 1.85. The maximum absolute atomic E-state index is 11.7. The minimum Gasteiger partial charge on any atom is -0.391 e. The van der Waals surface area contributed by atoms with Crippen molar-refractivity contribution in [1.82, 2.24) is 25.4 Å². The van der Waals surface area contributed by atoms with Gasteiger partial charge in [0.15, 0.2) is 5.82 Å². The van der Waals surface area contributed by atoms with Gasteiger partial charge in [0.05, 0.1) is 18.4 Å². The number of nitrogens with zero attached hydrogens (tertiary/aromatic N) is 4. The van der Waals surface area contributed by atoms with Gasteiger partial charge in [0.25, 0.3) is 0 Å². The molecule has 0 saturated carbocycles. The lowest BCUT2D eigenvalue weighted by molar-refractivity contribution is -0.128. The van der Waals surface area contributed by atoms with Crippen molar-refractivity contribution in [3.63, 3.8) is 0 Å². The number of aliphatic imine (C=N–C) groups is 1. The third kappa shape index (κ3) is 3.68. The Morgan fingerprint density at radius 1 is 1.44 bits per heavy atom. The summed E-state index contributed by atoms with van der Waals surface area (Å²) in [6.07, 6.45) is 4.20. The van der Waals surface area contributed by atoms with Gasteiger partial charge in [0.1, 0.15) is 5.84 Å². The molecule has 0 spiro atoms. The molecule has 0 aromatic carbocycles. The second kappa shape index (κ2) is 7.16. The Morgan fingerprint density at radius 3 is 2.96 bits per heavy atom. The first-order valence-corrected chi connectivity index (χ1v) is 8.04. The van der Waals surface area contributed by atoms with Crippen LogP contribution in [0.25, 0.3) is 11.3 Å². The number of amidine groups is 1. The van der Waals surface area contributed by atoms with Gasteiger partial charge in [-0.2, -0.15) is 5.10 Å². The number of carbonyl (C=O) groups is 1. The number of aromatic nitrogens is 3. The number of hydrogen-bond acceptors (Lipinski definition) is 5. The predicted molar refractivity (Wildman–Crippen MR) is 96.1 cm³/mol. The van der Waals surface area contributed by atoms with E-state index in [1.54, 1.807) is 30.3 Å². The molecule has 2 aromatic heterocycles. The average Bonchev–Trinajstić information content (AvgIpc) is 3.16. The lowest BCUT2D eigenvalue weighted by Crippen LogP contribution is -2.40. The molecule has 0 fully saturated rings. The Hall–Kier alpha value is -3.16. The molecular formula is C17H21N7O. The second-order valence-electron chi connectivity index (χ2n) is 5.76. The van der Waals surface area contributed by atoms with E-state index in [-0.39, 0.29) is 5.91 Å². The van der Waals surface area contributed by atoms with Crippen LogP contribution in [-0.2, 0) is 4.79 Å². The molecule has 3 heterocycles. The molecule has 0 saturated heterocycles. The maximum atomic E-state index is 11.7. The van der Waals surface area contributed by atoms with Gasteiger partial charge in [0.2, 0.25) is 5.91 Å². The maximum Gasteiger partial charge on any atom is 0.219 e. The first-order valence-electron chi connectivity index (χ1n) is 8.04. The standard InChI is InChI=1S/C17H21N7O/c1-11(25)24-7-6-15(19-2)13(10-24)17(18)23-16-5-3-4-14(22-16)12-8-20-21-9-12/h3-5,8-9,19H,6-7,10H2,1-2H3,(H,20,21)(H2,18,22,23). The van der Waals surface area contributed by atoms with Gasteiger partial charge in [-0.25, -0.2) is 9.98 Å². The Balaban J connectivity index is 1.91. The molecule has 0 radical (unpaired) electrons. The van der Waals surface area contributed by atoms with Crippen molar-refractivity contribution in [2.45, 2.75) is 13.3 Å². The number of amides is 1. The highest BCUT2D eigenvalue weighted by Crippen LogP contribution is 2.21. The lowest BCUT2D eigenvalue weighted by atomic mass is 10.0. The molecule has 4 N–H and O–H groups in total. The minimum atomic E-state index is 0.0283. The molecule has 3 rings (SSSR count). The highest BCUT2D eigenvalue weighted by atomic mass is 16.2. The number of pyridine rings is 1. The van der Waals surface area contributed by atoms with E-state index in [0.717, 1.165) is 28.9 Å². The van der Waals surface area contributed by atoms with Crippen LogP contribution >= 0.6 is 0 Å². The average molecular weight is 339 g/mol. The van der Waals surface area contributed by atoms with Crippen LogP contribution in [0.5, 0.6) is 0 Å². The number of rotatable bonds is 4. The van der Waals surface area contributed by atoms with Crippen LogP contribution in [-0.4, -0.2) is 52.0 Å². The molecule has 130 valence electrons. The molecule has 0 unspecified atom stereocenters.